The van der Waals surface area contributed by atoms with E-state index in [0.717, 1.165) is 19.4 Å². The molecule has 1 aromatic carbocycles. The summed E-state index contributed by atoms with van der Waals surface area (Å²) in [5, 5.41) is 2.87. The Morgan fingerprint density at radius 3 is 3.05 bits per heavy atom. The molecule has 3 N–H and O–H groups in total. The van der Waals surface area contributed by atoms with Crippen molar-refractivity contribution in [1.82, 2.24) is 10.2 Å². The summed E-state index contributed by atoms with van der Waals surface area (Å²) in [5.41, 5.74) is 6.10. The van der Waals surface area contributed by atoms with E-state index in [2.05, 4.69) is 22.1 Å². The summed E-state index contributed by atoms with van der Waals surface area (Å²) in [7, 11) is 2.05. The third kappa shape index (κ3) is 4.03. The molecule has 21 heavy (non-hydrogen) atoms. The van der Waals surface area contributed by atoms with Gasteiger partial charge >= 0.3 is 0 Å². The first-order chi connectivity index (χ1) is 10.1. The topological polar surface area (TPSA) is 58.4 Å². The number of rotatable bonds is 3. The van der Waals surface area contributed by atoms with Crippen LogP contribution in [0, 0.1) is 17.7 Å². The quantitative estimate of drug-likeness (QED) is 0.815. The van der Waals surface area contributed by atoms with Crippen molar-refractivity contribution in [2.45, 2.75) is 18.9 Å². The number of hydrogen-bond acceptors (Lipinski definition) is 3. The number of halogens is 1. The fraction of sp³-hybridized carbons (Fsp3) is 0.438. The zero-order valence-corrected chi connectivity index (χ0v) is 12.2. The molecule has 1 aliphatic heterocycles. The van der Waals surface area contributed by atoms with Crippen LogP contribution in [0.5, 0.6) is 0 Å². The number of nitrogens with two attached hydrogens (primary N) is 1. The van der Waals surface area contributed by atoms with E-state index in [4.69, 9.17) is 5.73 Å². The van der Waals surface area contributed by atoms with Crippen LogP contribution in [-0.4, -0.2) is 43.5 Å². The minimum absolute atomic E-state index is 0.200. The number of carbonyl (C=O) groups is 1. The minimum Gasteiger partial charge on any atom is -0.350 e. The minimum atomic E-state index is -0.448. The predicted octanol–water partition coefficient (Wildman–Crippen LogP) is 0.960. The van der Waals surface area contributed by atoms with Gasteiger partial charge in [0.25, 0.3) is 5.91 Å². The van der Waals surface area contributed by atoms with Gasteiger partial charge in [0.2, 0.25) is 0 Å². The van der Waals surface area contributed by atoms with E-state index in [1.807, 2.05) is 7.05 Å². The van der Waals surface area contributed by atoms with Gasteiger partial charge in [-0.1, -0.05) is 11.8 Å². The highest BCUT2D eigenvalue weighted by atomic mass is 19.1. The second kappa shape index (κ2) is 7.21. The zero-order chi connectivity index (χ0) is 15.2. The number of nitrogens with one attached hydrogen (secondary N) is 1. The molecule has 1 saturated heterocycles. The van der Waals surface area contributed by atoms with Crippen molar-refractivity contribution < 1.29 is 9.18 Å². The van der Waals surface area contributed by atoms with Crippen molar-refractivity contribution in [2.24, 2.45) is 5.73 Å². The monoisotopic (exact) mass is 289 g/mol. The number of hydrogen-bond donors (Lipinski definition) is 2. The molecule has 4 nitrogen and oxygen atoms in total. The molecule has 1 aromatic rings. The van der Waals surface area contributed by atoms with Gasteiger partial charge in [0.1, 0.15) is 5.82 Å². The average molecular weight is 289 g/mol. The van der Waals surface area contributed by atoms with Crippen LogP contribution in [0.4, 0.5) is 4.39 Å². The van der Waals surface area contributed by atoms with Crippen molar-refractivity contribution in [3.8, 4) is 11.8 Å². The molecule has 1 fully saturated rings. The van der Waals surface area contributed by atoms with Gasteiger partial charge in [0.15, 0.2) is 0 Å². The summed E-state index contributed by atoms with van der Waals surface area (Å²) < 4.78 is 13.4. The van der Waals surface area contributed by atoms with Gasteiger partial charge in [-0.25, -0.2) is 4.39 Å². The molecule has 1 amide bonds. The highest BCUT2D eigenvalue weighted by Crippen LogP contribution is 2.14. The van der Waals surface area contributed by atoms with Crippen LogP contribution in [0.1, 0.15) is 28.8 Å². The smallest absolute Gasteiger partial charge is 0.252 e. The van der Waals surface area contributed by atoms with Gasteiger partial charge in [-0.15, -0.1) is 0 Å². The first-order valence-electron chi connectivity index (χ1n) is 7.08. The Hall–Kier alpha value is -1.90. The van der Waals surface area contributed by atoms with Crippen LogP contribution in [-0.2, 0) is 0 Å². The highest BCUT2D eigenvalue weighted by Gasteiger charge is 2.21. The maximum absolute atomic E-state index is 13.4. The highest BCUT2D eigenvalue weighted by molar-refractivity contribution is 5.96. The molecule has 0 radical (unpaired) electrons. The molecule has 2 rings (SSSR count). The molecule has 0 aliphatic carbocycles. The lowest BCUT2D eigenvalue weighted by molar-refractivity contribution is 0.0943. The van der Waals surface area contributed by atoms with Gasteiger partial charge in [0, 0.05) is 18.2 Å². The summed E-state index contributed by atoms with van der Waals surface area (Å²) in [6.45, 7) is 1.81. The lowest BCUT2D eigenvalue weighted by atomic mass is 10.1. The summed E-state index contributed by atoms with van der Waals surface area (Å²) in [4.78, 5) is 14.5. The largest absolute Gasteiger partial charge is 0.350 e. The number of likely N-dealkylation sites (tertiary alicyclic amines) is 1. The molecule has 0 bridgehead atoms. The third-order valence-corrected chi connectivity index (χ3v) is 3.72. The van der Waals surface area contributed by atoms with Crippen molar-refractivity contribution in [2.75, 3.05) is 26.7 Å². The fourth-order valence-electron chi connectivity index (χ4n) is 2.50. The molecule has 0 spiro atoms. The van der Waals surface area contributed by atoms with E-state index >= 15 is 0 Å². The molecular weight excluding hydrogens is 269 g/mol. The SMILES string of the molecule is CN1CCCC1CNC(=O)c1cc(F)ccc1C#CCN. The van der Waals surface area contributed by atoms with E-state index in [9.17, 15) is 9.18 Å². The van der Waals surface area contributed by atoms with Gasteiger partial charge in [-0.2, -0.15) is 0 Å². The summed E-state index contributed by atoms with van der Waals surface area (Å²) in [6.07, 6.45) is 2.21. The van der Waals surface area contributed by atoms with E-state index in [1.165, 1.54) is 18.2 Å². The second-order valence-corrected chi connectivity index (χ2v) is 5.18. The molecule has 5 heteroatoms. The van der Waals surface area contributed by atoms with Crippen LogP contribution >= 0.6 is 0 Å². The first-order valence-corrected chi connectivity index (χ1v) is 7.08. The molecule has 1 atom stereocenters. The first kappa shape index (κ1) is 15.5. The molecule has 112 valence electrons. The van der Waals surface area contributed by atoms with E-state index < -0.39 is 5.82 Å². The van der Waals surface area contributed by atoms with Crippen LogP contribution in [0.3, 0.4) is 0 Å². The van der Waals surface area contributed by atoms with Gasteiger partial charge in [-0.05, 0) is 44.6 Å². The maximum atomic E-state index is 13.4. The number of carbonyl (C=O) groups excluding carboxylic acids is 1. The summed E-state index contributed by atoms with van der Waals surface area (Å²) in [6, 6.07) is 4.37. The maximum Gasteiger partial charge on any atom is 0.252 e. The molecule has 1 aliphatic rings. The van der Waals surface area contributed by atoms with Crippen LogP contribution in [0.15, 0.2) is 18.2 Å². The average Bonchev–Trinajstić information content (AvgIpc) is 2.88. The lowest BCUT2D eigenvalue weighted by Gasteiger charge is -2.19. The molecular formula is C16H20FN3O. The third-order valence-electron chi connectivity index (χ3n) is 3.72. The molecule has 1 unspecified atom stereocenters. The Labute approximate surface area is 124 Å². The number of nitrogens with zero attached hydrogens (tertiary/aromatic N) is 1. The predicted molar refractivity (Wildman–Crippen MR) is 80.3 cm³/mol. The second-order valence-electron chi connectivity index (χ2n) is 5.18. The summed E-state index contributed by atoms with van der Waals surface area (Å²) in [5.74, 6) is 4.75. The standard InChI is InChI=1S/C16H20FN3O/c1-20-9-3-5-14(20)11-19-16(21)15-10-13(17)7-6-12(15)4-2-8-18/h6-7,10,14H,3,5,8-9,11,18H2,1H3,(H,19,21). The molecule has 1 heterocycles. The Kier molecular flexibility index (Phi) is 5.32. The van der Waals surface area contributed by atoms with E-state index in [1.54, 1.807) is 0 Å². The normalized spacial score (nSPS) is 18.1. The van der Waals surface area contributed by atoms with Crippen LogP contribution < -0.4 is 11.1 Å². The van der Waals surface area contributed by atoms with E-state index in [0.29, 0.717) is 18.2 Å². The van der Waals surface area contributed by atoms with Crippen molar-refractivity contribution in [1.29, 1.82) is 0 Å². The van der Waals surface area contributed by atoms with Crippen molar-refractivity contribution in [3.05, 3.63) is 35.1 Å². The summed E-state index contributed by atoms with van der Waals surface area (Å²) >= 11 is 0. The Bertz CT molecular complexity index is 577. The number of amides is 1. The van der Waals surface area contributed by atoms with Crippen molar-refractivity contribution >= 4 is 5.91 Å². The molecule has 0 saturated carbocycles. The Balaban J connectivity index is 2.08. The fourth-order valence-corrected chi connectivity index (χ4v) is 2.50. The number of benzene rings is 1. The van der Waals surface area contributed by atoms with E-state index in [-0.39, 0.29) is 18.0 Å². The Morgan fingerprint density at radius 1 is 1.57 bits per heavy atom. The van der Waals surface area contributed by atoms with Crippen LogP contribution in [0.25, 0.3) is 0 Å². The van der Waals surface area contributed by atoms with Gasteiger partial charge < -0.3 is 16.0 Å². The van der Waals surface area contributed by atoms with Gasteiger partial charge in [-0.3, -0.25) is 4.79 Å². The number of likely N-dealkylation sites (N-methyl/N-ethyl adjacent to an activating group) is 1. The van der Waals surface area contributed by atoms with Crippen LogP contribution in [0.2, 0.25) is 0 Å². The van der Waals surface area contributed by atoms with Crippen molar-refractivity contribution in [3.63, 3.8) is 0 Å². The zero-order valence-electron chi connectivity index (χ0n) is 12.2. The molecule has 0 aromatic heterocycles. The van der Waals surface area contributed by atoms with Gasteiger partial charge in [0.05, 0.1) is 12.1 Å². The lowest BCUT2D eigenvalue weighted by Crippen LogP contribution is -2.38. The Morgan fingerprint density at radius 2 is 2.38 bits per heavy atom.